The number of halogens is 1. The van der Waals surface area contributed by atoms with Gasteiger partial charge in [-0.1, -0.05) is 51.7 Å². The highest BCUT2D eigenvalue weighted by Crippen LogP contribution is 2.50. The summed E-state index contributed by atoms with van der Waals surface area (Å²) in [4.78, 5) is 2.30. The van der Waals surface area contributed by atoms with Crippen molar-refractivity contribution in [3.8, 4) is 0 Å². The molecule has 9 heteroatoms. The second-order valence-electron chi connectivity index (χ2n) is 10.5. The van der Waals surface area contributed by atoms with Crippen molar-refractivity contribution in [3.05, 3.63) is 53.6 Å². The molecule has 0 saturated carbocycles. The predicted molar refractivity (Wildman–Crippen MR) is 158 cm³/mol. The van der Waals surface area contributed by atoms with Crippen LogP contribution in [0.15, 0.2) is 47.4 Å². The minimum absolute atomic E-state index is 0. The van der Waals surface area contributed by atoms with Crippen LogP contribution in [0, 0.1) is 5.41 Å². The Kier molecular flexibility index (Phi) is 12.1. The highest BCUT2D eigenvalue weighted by atomic mass is 79.9. The van der Waals surface area contributed by atoms with Crippen LogP contribution >= 0.6 is 12.2 Å². The zero-order valence-electron chi connectivity index (χ0n) is 23.3. The molecule has 0 aromatic heterocycles. The monoisotopic (exact) mass is 624 g/mol. The lowest BCUT2D eigenvalue weighted by atomic mass is 9.68. The molecule has 1 aliphatic rings. The predicted octanol–water partition coefficient (Wildman–Crippen LogP) is 2.71. The molecule has 2 aromatic rings. The molecular weight excluding hydrogens is 582 g/mol. The Morgan fingerprint density at radius 2 is 1.74 bits per heavy atom. The summed E-state index contributed by atoms with van der Waals surface area (Å²) in [6, 6.07) is 13.4. The third-order valence-electron chi connectivity index (χ3n) is 7.50. The Bertz CT molecular complexity index is 1180. The summed E-state index contributed by atoms with van der Waals surface area (Å²) in [5.74, 6) is -0.524. The number of aliphatic hydroxyl groups is 1. The van der Waals surface area contributed by atoms with Crippen molar-refractivity contribution >= 4 is 38.5 Å². The van der Waals surface area contributed by atoms with Crippen LogP contribution in [0.2, 0.25) is 0 Å². The molecule has 38 heavy (non-hydrogen) atoms. The molecule has 0 aliphatic carbocycles. The molecule has 3 rings (SSSR count). The molecule has 0 saturated heterocycles. The number of thiocarbonyl (C=S) groups is 1. The van der Waals surface area contributed by atoms with Gasteiger partial charge in [0.05, 0.1) is 16.8 Å². The molecule has 6 nitrogen and oxygen atoms in total. The van der Waals surface area contributed by atoms with E-state index in [9.17, 15) is 13.5 Å². The zero-order chi connectivity index (χ0) is 27.2. The number of sulfone groups is 1. The molecule has 1 heterocycles. The number of hydrogen-bond donors (Lipinski definition) is 3. The molecule has 0 bridgehead atoms. The number of anilines is 2. The highest BCUT2D eigenvalue weighted by molar-refractivity contribution is 7.91. The molecule has 2 atom stereocenters. The standard InChI is InChI=1S/C29H43N3O3S2.BrH/c1-6-9-16-29(17-10-7-2)20-37(34,35)25-15-14-23(32(4)5)19-24(25)26(27(29)33)21-12-11-13-22(18-21)31-28(36)30-8-3;/h11-15,18-19,26-27,33H,6-10,16-17,20H2,1-5H3,(H2,30,31,36);1H/p-1. The Hall–Kier alpha value is -1.68. The quantitative estimate of drug-likeness (QED) is 0.351. The maximum atomic E-state index is 14.0. The average molecular weight is 626 g/mol. The maximum Gasteiger partial charge on any atom is 0.179 e. The number of hydrogen-bond acceptors (Lipinski definition) is 5. The van der Waals surface area contributed by atoms with Crippen molar-refractivity contribution in [1.82, 2.24) is 5.32 Å². The third-order valence-corrected chi connectivity index (χ3v) is 9.74. The molecule has 0 radical (unpaired) electrons. The van der Waals surface area contributed by atoms with E-state index in [2.05, 4.69) is 24.5 Å². The molecule has 0 fully saturated rings. The van der Waals surface area contributed by atoms with E-state index in [0.717, 1.165) is 42.6 Å². The fraction of sp³-hybridized carbons (Fsp3) is 0.552. The van der Waals surface area contributed by atoms with Gasteiger partial charge in [-0.05, 0) is 73.4 Å². The number of nitrogens with one attached hydrogen (secondary N) is 2. The van der Waals surface area contributed by atoms with Crippen LogP contribution in [0.1, 0.15) is 76.3 Å². The largest absolute Gasteiger partial charge is 1.00 e. The lowest BCUT2D eigenvalue weighted by Crippen LogP contribution is -3.00. The van der Waals surface area contributed by atoms with Crippen molar-refractivity contribution in [2.75, 3.05) is 36.6 Å². The normalized spacial score (nSPS) is 19.4. The molecule has 212 valence electrons. The summed E-state index contributed by atoms with van der Waals surface area (Å²) in [7, 11) is 0.259. The molecule has 0 spiro atoms. The number of unbranched alkanes of at least 4 members (excludes halogenated alkanes) is 2. The molecule has 1 aliphatic heterocycles. The zero-order valence-corrected chi connectivity index (χ0v) is 26.5. The smallest absolute Gasteiger partial charge is 0.179 e. The first-order valence-electron chi connectivity index (χ1n) is 13.5. The van der Waals surface area contributed by atoms with E-state index in [1.54, 1.807) is 6.07 Å². The van der Waals surface area contributed by atoms with Crippen molar-refractivity contribution < 1.29 is 30.5 Å². The van der Waals surface area contributed by atoms with E-state index in [4.69, 9.17) is 12.2 Å². The number of rotatable bonds is 10. The van der Waals surface area contributed by atoms with E-state index >= 15 is 0 Å². The van der Waals surface area contributed by atoms with Gasteiger partial charge in [0.15, 0.2) is 14.9 Å². The van der Waals surface area contributed by atoms with Crippen LogP contribution in [-0.4, -0.2) is 51.1 Å². The first-order chi connectivity index (χ1) is 17.6. The van der Waals surface area contributed by atoms with Crippen LogP contribution in [0.5, 0.6) is 0 Å². The Labute approximate surface area is 245 Å². The van der Waals surface area contributed by atoms with Gasteiger partial charge in [0, 0.05) is 43.3 Å². The fourth-order valence-electron chi connectivity index (χ4n) is 5.54. The Morgan fingerprint density at radius 3 is 2.32 bits per heavy atom. The van der Waals surface area contributed by atoms with Gasteiger partial charge in [-0.2, -0.15) is 0 Å². The number of fused-ring (bicyclic) bond motifs is 1. The van der Waals surface area contributed by atoms with Crippen LogP contribution in [0.4, 0.5) is 11.4 Å². The summed E-state index contributed by atoms with van der Waals surface area (Å²) in [6.45, 7) is 6.92. The van der Waals surface area contributed by atoms with Gasteiger partial charge in [0.1, 0.15) is 0 Å². The van der Waals surface area contributed by atoms with Gasteiger partial charge < -0.3 is 37.6 Å². The minimum Gasteiger partial charge on any atom is -1.00 e. The summed E-state index contributed by atoms with van der Waals surface area (Å²) in [6.07, 6.45) is 4.15. The van der Waals surface area contributed by atoms with Gasteiger partial charge >= 0.3 is 0 Å². The molecule has 3 N–H and O–H groups in total. The SMILES string of the molecule is CCCCC1(CCCC)CS(=O)(=O)c2ccc(N(C)C)cc2C(c2cccc(NC(=S)NCC)c2)C1O.[Br-]. The summed E-state index contributed by atoms with van der Waals surface area (Å²) in [5, 5.41) is 19.1. The fourth-order valence-corrected chi connectivity index (χ4v) is 7.99. The third kappa shape index (κ3) is 7.29. The highest BCUT2D eigenvalue weighted by Gasteiger charge is 2.49. The number of aliphatic hydroxyl groups excluding tert-OH is 1. The van der Waals surface area contributed by atoms with E-state index in [0.29, 0.717) is 35.0 Å². The second-order valence-corrected chi connectivity index (χ2v) is 12.8. The van der Waals surface area contributed by atoms with Crippen LogP contribution in [0.25, 0.3) is 0 Å². The van der Waals surface area contributed by atoms with E-state index in [-0.39, 0.29) is 22.7 Å². The van der Waals surface area contributed by atoms with E-state index in [1.807, 2.05) is 62.3 Å². The molecule has 0 amide bonds. The number of benzene rings is 2. The van der Waals surface area contributed by atoms with E-state index < -0.39 is 27.3 Å². The van der Waals surface area contributed by atoms with Crippen LogP contribution < -0.4 is 32.5 Å². The first-order valence-corrected chi connectivity index (χ1v) is 15.5. The maximum absolute atomic E-state index is 14.0. The summed E-state index contributed by atoms with van der Waals surface area (Å²) < 4.78 is 27.9. The minimum atomic E-state index is -3.62. The van der Waals surface area contributed by atoms with Gasteiger partial charge in [0.2, 0.25) is 0 Å². The van der Waals surface area contributed by atoms with E-state index in [1.165, 1.54) is 0 Å². The summed E-state index contributed by atoms with van der Waals surface area (Å²) >= 11 is 5.39. The molecular formula is C29H43BrN3O3S2-. The average Bonchev–Trinajstić information content (AvgIpc) is 2.92. The molecule has 2 unspecified atom stereocenters. The van der Waals surface area contributed by atoms with Gasteiger partial charge in [-0.25, -0.2) is 8.42 Å². The van der Waals surface area contributed by atoms with Crippen LogP contribution in [-0.2, 0) is 9.84 Å². The molecule has 2 aromatic carbocycles. The summed E-state index contributed by atoms with van der Waals surface area (Å²) in [5.41, 5.74) is 2.53. The van der Waals surface area contributed by atoms with Crippen molar-refractivity contribution in [1.29, 1.82) is 0 Å². The van der Waals surface area contributed by atoms with Gasteiger partial charge in [-0.15, -0.1) is 0 Å². The van der Waals surface area contributed by atoms with Crippen LogP contribution in [0.3, 0.4) is 0 Å². The van der Waals surface area contributed by atoms with Crippen molar-refractivity contribution in [3.63, 3.8) is 0 Å². The van der Waals surface area contributed by atoms with Crippen molar-refractivity contribution in [2.24, 2.45) is 5.41 Å². The Morgan fingerprint density at radius 1 is 1.08 bits per heavy atom. The number of nitrogens with zero attached hydrogens (tertiary/aromatic N) is 1. The Balaban J connectivity index is 0.00000507. The lowest BCUT2D eigenvalue weighted by Gasteiger charge is -2.40. The van der Waals surface area contributed by atoms with Gasteiger partial charge in [-0.3, -0.25) is 0 Å². The topological polar surface area (TPSA) is 81.7 Å². The van der Waals surface area contributed by atoms with Crippen molar-refractivity contribution in [2.45, 2.75) is 76.2 Å². The lowest BCUT2D eigenvalue weighted by molar-refractivity contribution is -0.0000148. The second kappa shape index (κ2) is 14.1. The first kappa shape index (κ1) is 32.5. The van der Waals surface area contributed by atoms with Gasteiger partial charge in [0.25, 0.3) is 0 Å².